The normalized spacial score (nSPS) is 19.1. The van der Waals surface area contributed by atoms with Crippen LogP contribution >= 0.6 is 15.9 Å². The molecule has 0 aliphatic carbocycles. The van der Waals surface area contributed by atoms with E-state index >= 15 is 0 Å². The van der Waals surface area contributed by atoms with Crippen LogP contribution in [0.2, 0.25) is 0 Å². The average Bonchev–Trinajstić information content (AvgIpc) is 2.43. The van der Waals surface area contributed by atoms with E-state index in [0.717, 1.165) is 36.9 Å². The van der Waals surface area contributed by atoms with Crippen molar-refractivity contribution < 1.29 is 9.53 Å². The molecule has 1 atom stereocenters. The number of anilines is 1. The van der Waals surface area contributed by atoms with Crippen molar-refractivity contribution in [2.24, 2.45) is 0 Å². The second kappa shape index (κ2) is 7.09. The predicted octanol–water partition coefficient (Wildman–Crippen LogP) is 3.06. The molecule has 1 heterocycles. The number of nitrogens with zero attached hydrogens (tertiary/aromatic N) is 1. The maximum atomic E-state index is 12.5. The van der Waals surface area contributed by atoms with Crippen LogP contribution in [0, 0.1) is 0 Å². The van der Waals surface area contributed by atoms with Crippen LogP contribution in [-0.2, 0) is 4.74 Å². The van der Waals surface area contributed by atoms with Crippen molar-refractivity contribution in [3.63, 3.8) is 0 Å². The molecule has 4 nitrogen and oxygen atoms in total. The van der Waals surface area contributed by atoms with Gasteiger partial charge < -0.3 is 15.4 Å². The lowest BCUT2D eigenvalue weighted by Crippen LogP contribution is -2.43. The number of hydrogen-bond acceptors (Lipinski definition) is 3. The minimum atomic E-state index is 0.0304. The van der Waals surface area contributed by atoms with Gasteiger partial charge in [-0.3, -0.25) is 4.79 Å². The Morgan fingerprint density at radius 3 is 3.00 bits per heavy atom. The van der Waals surface area contributed by atoms with Crippen molar-refractivity contribution in [1.29, 1.82) is 0 Å². The Morgan fingerprint density at radius 1 is 1.50 bits per heavy atom. The highest BCUT2D eigenvalue weighted by atomic mass is 79.9. The van der Waals surface area contributed by atoms with E-state index < -0.39 is 0 Å². The van der Waals surface area contributed by atoms with Crippen molar-refractivity contribution in [3.05, 3.63) is 28.2 Å². The van der Waals surface area contributed by atoms with Crippen LogP contribution in [0.5, 0.6) is 0 Å². The summed E-state index contributed by atoms with van der Waals surface area (Å²) >= 11 is 3.38. The molecule has 1 aromatic rings. The largest absolute Gasteiger partial charge is 0.399 e. The predicted molar refractivity (Wildman–Crippen MR) is 83.7 cm³/mol. The lowest BCUT2D eigenvalue weighted by atomic mass is 10.1. The number of ether oxygens (including phenoxy) is 1. The van der Waals surface area contributed by atoms with Crippen LogP contribution < -0.4 is 5.73 Å². The van der Waals surface area contributed by atoms with E-state index in [1.807, 2.05) is 11.0 Å². The maximum absolute atomic E-state index is 12.5. The molecule has 1 aliphatic rings. The third-order valence-electron chi connectivity index (χ3n) is 3.39. The van der Waals surface area contributed by atoms with Gasteiger partial charge in [-0.15, -0.1) is 0 Å². The Bertz CT molecular complexity index is 459. The van der Waals surface area contributed by atoms with Gasteiger partial charge in [0, 0.05) is 35.4 Å². The molecule has 1 fully saturated rings. The molecule has 2 rings (SSSR count). The number of halogens is 1. The van der Waals surface area contributed by atoms with E-state index in [0.29, 0.717) is 17.8 Å². The Hall–Kier alpha value is -1.07. The number of amides is 1. The molecule has 1 unspecified atom stereocenters. The Balaban J connectivity index is 2.04. The van der Waals surface area contributed by atoms with E-state index in [2.05, 4.69) is 22.9 Å². The number of nitrogens with two attached hydrogens (primary N) is 1. The quantitative estimate of drug-likeness (QED) is 0.857. The Kier molecular flexibility index (Phi) is 5.43. The van der Waals surface area contributed by atoms with Crippen molar-refractivity contribution >= 4 is 27.5 Å². The summed E-state index contributed by atoms with van der Waals surface area (Å²) < 4.78 is 6.60. The van der Waals surface area contributed by atoms with Gasteiger partial charge in [-0.25, -0.2) is 0 Å². The highest BCUT2D eigenvalue weighted by Crippen LogP contribution is 2.21. The molecule has 110 valence electrons. The number of carbonyl (C=O) groups is 1. The number of carbonyl (C=O) groups excluding carboxylic acids is 1. The van der Waals surface area contributed by atoms with Gasteiger partial charge in [-0.05, 0) is 37.5 Å². The molecule has 2 N–H and O–H groups in total. The van der Waals surface area contributed by atoms with E-state index in [1.165, 1.54) is 0 Å². The maximum Gasteiger partial charge on any atom is 0.254 e. The van der Waals surface area contributed by atoms with Gasteiger partial charge in [0.1, 0.15) is 0 Å². The summed E-state index contributed by atoms with van der Waals surface area (Å²) in [5.41, 5.74) is 7.02. The van der Waals surface area contributed by atoms with E-state index in [1.54, 1.807) is 12.1 Å². The second-order valence-electron chi connectivity index (χ2n) is 5.16. The Morgan fingerprint density at radius 2 is 2.30 bits per heavy atom. The molecule has 0 saturated carbocycles. The molecule has 20 heavy (non-hydrogen) atoms. The lowest BCUT2D eigenvalue weighted by Gasteiger charge is -2.32. The van der Waals surface area contributed by atoms with Gasteiger partial charge in [0.2, 0.25) is 0 Å². The summed E-state index contributed by atoms with van der Waals surface area (Å²) in [5, 5.41) is 0. The highest BCUT2D eigenvalue weighted by Gasteiger charge is 2.25. The molecule has 1 aliphatic heterocycles. The standard InChI is InChI=1S/C15H21BrN2O2/c1-2-6-20-14-4-3-5-18(10-14)15(19)11-7-12(16)9-13(17)8-11/h7-9,14H,2-6,10,17H2,1H3. The van der Waals surface area contributed by atoms with Crippen LogP contribution in [0.25, 0.3) is 0 Å². The number of likely N-dealkylation sites (tertiary alicyclic amines) is 1. The van der Waals surface area contributed by atoms with Crippen LogP contribution in [0.3, 0.4) is 0 Å². The smallest absolute Gasteiger partial charge is 0.254 e. The van der Waals surface area contributed by atoms with E-state index in [-0.39, 0.29) is 12.0 Å². The molecular weight excluding hydrogens is 320 g/mol. The molecule has 1 amide bonds. The van der Waals surface area contributed by atoms with Gasteiger partial charge in [-0.2, -0.15) is 0 Å². The first kappa shape index (κ1) is 15.3. The number of hydrogen-bond donors (Lipinski definition) is 1. The molecule has 1 aromatic carbocycles. The summed E-state index contributed by atoms with van der Waals surface area (Å²) in [4.78, 5) is 14.4. The number of benzene rings is 1. The summed E-state index contributed by atoms with van der Waals surface area (Å²) in [6.07, 6.45) is 3.19. The summed E-state index contributed by atoms with van der Waals surface area (Å²) in [6.45, 7) is 4.31. The van der Waals surface area contributed by atoms with Crippen molar-refractivity contribution in [1.82, 2.24) is 4.90 Å². The first-order chi connectivity index (χ1) is 9.60. The highest BCUT2D eigenvalue weighted by molar-refractivity contribution is 9.10. The van der Waals surface area contributed by atoms with Crippen molar-refractivity contribution in [2.75, 3.05) is 25.4 Å². The average molecular weight is 341 g/mol. The van der Waals surface area contributed by atoms with Crippen LogP contribution in [-0.4, -0.2) is 36.6 Å². The summed E-state index contributed by atoms with van der Waals surface area (Å²) in [6, 6.07) is 5.33. The summed E-state index contributed by atoms with van der Waals surface area (Å²) in [7, 11) is 0. The molecule has 0 bridgehead atoms. The SMILES string of the molecule is CCCOC1CCCN(C(=O)c2cc(N)cc(Br)c2)C1. The van der Waals surface area contributed by atoms with Crippen LogP contribution in [0.4, 0.5) is 5.69 Å². The third kappa shape index (κ3) is 3.96. The summed E-state index contributed by atoms with van der Waals surface area (Å²) in [5.74, 6) is 0.0304. The third-order valence-corrected chi connectivity index (χ3v) is 3.85. The topological polar surface area (TPSA) is 55.6 Å². The number of nitrogen functional groups attached to an aromatic ring is 1. The number of piperidine rings is 1. The monoisotopic (exact) mass is 340 g/mol. The van der Waals surface area contributed by atoms with Gasteiger partial charge in [0.25, 0.3) is 5.91 Å². The molecule has 5 heteroatoms. The van der Waals surface area contributed by atoms with Crippen LogP contribution in [0.1, 0.15) is 36.5 Å². The Labute approximate surface area is 128 Å². The zero-order chi connectivity index (χ0) is 14.5. The lowest BCUT2D eigenvalue weighted by molar-refractivity contribution is 0.00211. The zero-order valence-corrected chi connectivity index (χ0v) is 13.4. The van der Waals surface area contributed by atoms with E-state index in [4.69, 9.17) is 10.5 Å². The minimum absolute atomic E-state index is 0.0304. The van der Waals surface area contributed by atoms with Gasteiger partial charge in [0.15, 0.2) is 0 Å². The molecule has 0 spiro atoms. The first-order valence-corrected chi connectivity index (χ1v) is 7.86. The van der Waals surface area contributed by atoms with Gasteiger partial charge >= 0.3 is 0 Å². The molecular formula is C15H21BrN2O2. The first-order valence-electron chi connectivity index (χ1n) is 7.07. The van der Waals surface area contributed by atoms with E-state index in [9.17, 15) is 4.79 Å². The minimum Gasteiger partial charge on any atom is -0.399 e. The van der Waals surface area contributed by atoms with Crippen molar-refractivity contribution in [3.8, 4) is 0 Å². The molecule has 0 radical (unpaired) electrons. The zero-order valence-electron chi connectivity index (χ0n) is 11.8. The van der Waals surface area contributed by atoms with Gasteiger partial charge in [0.05, 0.1) is 6.10 Å². The molecule has 0 aromatic heterocycles. The van der Waals surface area contributed by atoms with Crippen LogP contribution in [0.15, 0.2) is 22.7 Å². The van der Waals surface area contributed by atoms with Crippen molar-refractivity contribution in [2.45, 2.75) is 32.3 Å². The fourth-order valence-electron chi connectivity index (χ4n) is 2.46. The fraction of sp³-hybridized carbons (Fsp3) is 0.533. The number of rotatable bonds is 4. The molecule has 1 saturated heterocycles. The fourth-order valence-corrected chi connectivity index (χ4v) is 2.97. The second-order valence-corrected chi connectivity index (χ2v) is 6.08. The van der Waals surface area contributed by atoms with Gasteiger partial charge in [-0.1, -0.05) is 22.9 Å².